The van der Waals surface area contributed by atoms with Gasteiger partial charge in [0.25, 0.3) is 0 Å². The monoisotopic (exact) mass is 821 g/mol. The van der Waals surface area contributed by atoms with Crippen LogP contribution in [0.2, 0.25) is 0 Å². The summed E-state index contributed by atoms with van der Waals surface area (Å²) in [5, 5.41) is 71.7. The predicted octanol–water partition coefficient (Wildman–Crippen LogP) is 4.73. The van der Waals surface area contributed by atoms with Crippen LogP contribution in [-0.2, 0) is 33.2 Å². The molecular weight excluding hydrogens is 740 g/mol. The second kappa shape index (κ2) is 32.5. The fourth-order valence-corrected chi connectivity index (χ4v) is 7.04. The van der Waals surface area contributed by atoms with Crippen molar-refractivity contribution in [3.05, 3.63) is 12.2 Å². The van der Waals surface area contributed by atoms with E-state index in [0.717, 1.165) is 44.9 Å². The van der Waals surface area contributed by atoms with Gasteiger partial charge in [0.15, 0.2) is 12.6 Å². The molecule has 0 spiro atoms. The second-order valence-electron chi connectivity index (χ2n) is 15.9. The normalized spacial score (nSPS) is 28.6. The number of aliphatic hydroxyl groups excluding tert-OH is 7. The fourth-order valence-electron chi connectivity index (χ4n) is 7.04. The van der Waals surface area contributed by atoms with E-state index in [9.17, 15) is 40.5 Å². The van der Waals surface area contributed by atoms with Crippen LogP contribution in [0.15, 0.2) is 12.2 Å². The zero-order valence-corrected chi connectivity index (χ0v) is 35.1. The third-order valence-corrected chi connectivity index (χ3v) is 10.8. The average Bonchev–Trinajstić information content (AvgIpc) is 3.20. The summed E-state index contributed by atoms with van der Waals surface area (Å²) in [6.45, 7) is 3.61. The smallest absolute Gasteiger partial charge is 0.306 e. The molecule has 11 unspecified atom stereocenters. The molecule has 2 rings (SSSR count). The lowest BCUT2D eigenvalue weighted by Gasteiger charge is -2.42. The van der Waals surface area contributed by atoms with Gasteiger partial charge in [-0.05, 0) is 38.5 Å². The molecule has 2 fully saturated rings. The Morgan fingerprint density at radius 1 is 0.561 bits per heavy atom. The van der Waals surface area contributed by atoms with Crippen LogP contribution in [0.4, 0.5) is 0 Å². The van der Waals surface area contributed by atoms with Gasteiger partial charge in [0.05, 0.1) is 26.4 Å². The fraction of sp³-hybridized carbons (Fsp3) is 0.930. The van der Waals surface area contributed by atoms with Crippen molar-refractivity contribution in [2.75, 3.05) is 33.0 Å². The van der Waals surface area contributed by atoms with Gasteiger partial charge in [0.1, 0.15) is 54.9 Å². The molecule has 0 aromatic heterocycles. The molecule has 0 aromatic carbocycles. The predicted molar refractivity (Wildman–Crippen MR) is 215 cm³/mol. The van der Waals surface area contributed by atoms with Crippen molar-refractivity contribution in [3.8, 4) is 0 Å². The summed E-state index contributed by atoms with van der Waals surface area (Å²) in [7, 11) is 0. The molecule has 2 aliphatic rings. The van der Waals surface area contributed by atoms with E-state index in [1.165, 1.54) is 83.5 Å². The summed E-state index contributed by atoms with van der Waals surface area (Å²) in [5.41, 5.74) is 0. The summed E-state index contributed by atoms with van der Waals surface area (Å²) in [5.74, 6) is -0.383. The van der Waals surface area contributed by atoms with Crippen molar-refractivity contribution in [2.24, 2.45) is 0 Å². The standard InChI is InChI=1S/C43H80O14/c1-3-5-7-9-11-12-13-14-15-16-17-18-19-20-21-22-24-26-35(45)55-32(29-52-27-25-23-10-8-6-4-2)30-53-42-41(51)39(49)37(47)34(57-42)31-54-43-40(50)38(48)36(46)33(28-44)56-43/h14-15,32-34,36-44,46-51H,3-13,16-31H2,1-2H3/b15-14-. The topological polar surface area (TPSA) is 214 Å². The summed E-state index contributed by atoms with van der Waals surface area (Å²) >= 11 is 0. The zero-order chi connectivity index (χ0) is 41.7. The highest BCUT2D eigenvalue weighted by Gasteiger charge is 2.47. The van der Waals surface area contributed by atoms with Crippen LogP contribution in [0.1, 0.15) is 155 Å². The van der Waals surface area contributed by atoms with E-state index in [2.05, 4.69) is 26.0 Å². The van der Waals surface area contributed by atoms with Crippen LogP contribution in [0.5, 0.6) is 0 Å². The minimum atomic E-state index is -1.70. The van der Waals surface area contributed by atoms with Crippen molar-refractivity contribution >= 4 is 5.97 Å². The first-order valence-corrected chi connectivity index (χ1v) is 22.3. The Morgan fingerprint density at radius 2 is 1.04 bits per heavy atom. The third kappa shape index (κ3) is 21.7. The van der Waals surface area contributed by atoms with Crippen LogP contribution in [0, 0.1) is 0 Å². The molecule has 14 heteroatoms. The van der Waals surface area contributed by atoms with Crippen LogP contribution < -0.4 is 0 Å². The first-order valence-electron chi connectivity index (χ1n) is 22.3. The van der Waals surface area contributed by atoms with Gasteiger partial charge < -0.3 is 64.2 Å². The first-order chi connectivity index (χ1) is 27.6. The quantitative estimate of drug-likeness (QED) is 0.0266. The van der Waals surface area contributed by atoms with E-state index >= 15 is 0 Å². The zero-order valence-electron chi connectivity index (χ0n) is 35.1. The van der Waals surface area contributed by atoms with E-state index in [4.69, 9.17) is 28.4 Å². The molecule has 0 aliphatic carbocycles. The summed E-state index contributed by atoms with van der Waals surface area (Å²) in [4.78, 5) is 12.9. The Bertz CT molecular complexity index is 1000. The Hall–Kier alpha value is -1.27. The van der Waals surface area contributed by atoms with Gasteiger partial charge >= 0.3 is 5.97 Å². The third-order valence-electron chi connectivity index (χ3n) is 10.8. The second-order valence-corrected chi connectivity index (χ2v) is 15.9. The average molecular weight is 821 g/mol. The van der Waals surface area contributed by atoms with Crippen LogP contribution >= 0.6 is 0 Å². The molecule has 0 bridgehead atoms. The van der Waals surface area contributed by atoms with E-state index in [1.807, 2.05) is 0 Å². The van der Waals surface area contributed by atoms with E-state index in [0.29, 0.717) is 13.0 Å². The molecule has 14 nitrogen and oxygen atoms in total. The lowest BCUT2D eigenvalue weighted by molar-refractivity contribution is -0.332. The minimum Gasteiger partial charge on any atom is -0.457 e. The summed E-state index contributed by atoms with van der Waals surface area (Å²) in [6, 6.07) is 0. The molecule has 0 radical (unpaired) electrons. The number of carbonyl (C=O) groups excluding carboxylic acids is 1. The van der Waals surface area contributed by atoms with Gasteiger partial charge in [-0.1, -0.05) is 122 Å². The van der Waals surface area contributed by atoms with Gasteiger partial charge in [0, 0.05) is 13.0 Å². The highest BCUT2D eigenvalue weighted by atomic mass is 16.7. The Balaban J connectivity index is 1.76. The molecule has 57 heavy (non-hydrogen) atoms. The number of hydrogen-bond donors (Lipinski definition) is 7. The number of unbranched alkanes of at least 4 members (excludes halogenated alkanes) is 18. The molecular formula is C43H80O14. The van der Waals surface area contributed by atoms with Gasteiger partial charge in [0.2, 0.25) is 0 Å². The number of aliphatic hydroxyl groups is 7. The summed E-state index contributed by atoms with van der Waals surface area (Å²) in [6.07, 6.45) is 13.1. The van der Waals surface area contributed by atoms with Gasteiger partial charge in [-0.25, -0.2) is 0 Å². The van der Waals surface area contributed by atoms with Gasteiger partial charge in [-0.15, -0.1) is 0 Å². The molecule has 0 aromatic rings. The molecule has 2 heterocycles. The van der Waals surface area contributed by atoms with Crippen molar-refractivity contribution < 1.29 is 69.0 Å². The number of rotatable bonds is 34. The van der Waals surface area contributed by atoms with Crippen molar-refractivity contribution in [2.45, 2.75) is 223 Å². The maximum absolute atomic E-state index is 12.9. The van der Waals surface area contributed by atoms with Crippen LogP contribution in [-0.4, -0.2) is 142 Å². The summed E-state index contributed by atoms with van der Waals surface area (Å²) < 4.78 is 34.0. The minimum absolute atomic E-state index is 0.0621. The lowest BCUT2D eigenvalue weighted by atomic mass is 9.98. The Morgan fingerprint density at radius 3 is 1.60 bits per heavy atom. The van der Waals surface area contributed by atoms with Crippen molar-refractivity contribution in [1.82, 2.24) is 0 Å². The molecule has 0 saturated carbocycles. The number of esters is 1. The number of carbonyl (C=O) groups is 1. The van der Waals surface area contributed by atoms with Gasteiger partial charge in [-0.2, -0.15) is 0 Å². The largest absolute Gasteiger partial charge is 0.457 e. The Kier molecular flexibility index (Phi) is 29.6. The molecule has 2 saturated heterocycles. The maximum Gasteiger partial charge on any atom is 0.306 e. The number of hydrogen-bond acceptors (Lipinski definition) is 14. The Labute approximate surface area is 342 Å². The van der Waals surface area contributed by atoms with E-state index in [-0.39, 0.29) is 25.6 Å². The van der Waals surface area contributed by atoms with Crippen molar-refractivity contribution in [1.29, 1.82) is 0 Å². The lowest BCUT2D eigenvalue weighted by Crippen LogP contribution is -2.61. The maximum atomic E-state index is 12.9. The molecule has 0 amide bonds. The SMILES string of the molecule is CCCCCCCC/C=C\CCCCCCCCCC(=O)OC(COCCCCCCCC)COC1OC(COC2OC(CO)C(O)C(O)C2O)C(O)C(O)C1O. The molecule has 336 valence electrons. The van der Waals surface area contributed by atoms with E-state index < -0.39 is 80.7 Å². The number of ether oxygens (including phenoxy) is 6. The van der Waals surface area contributed by atoms with Crippen LogP contribution in [0.3, 0.4) is 0 Å². The molecule has 7 N–H and O–H groups in total. The molecule has 11 atom stereocenters. The van der Waals surface area contributed by atoms with Crippen molar-refractivity contribution in [3.63, 3.8) is 0 Å². The first kappa shape index (κ1) is 51.9. The van der Waals surface area contributed by atoms with Gasteiger partial charge in [-0.3, -0.25) is 4.79 Å². The highest BCUT2D eigenvalue weighted by molar-refractivity contribution is 5.69. The number of allylic oxidation sites excluding steroid dienone is 2. The molecule has 2 aliphatic heterocycles. The van der Waals surface area contributed by atoms with Crippen LogP contribution in [0.25, 0.3) is 0 Å². The van der Waals surface area contributed by atoms with E-state index in [1.54, 1.807) is 0 Å². The highest BCUT2D eigenvalue weighted by Crippen LogP contribution is 2.26.